The molecule has 2 rings (SSSR count). The van der Waals surface area contributed by atoms with Gasteiger partial charge in [-0.25, -0.2) is 0 Å². The first kappa shape index (κ1) is 9.87. The van der Waals surface area contributed by atoms with E-state index in [1.165, 1.54) is 5.56 Å². The Morgan fingerprint density at radius 1 is 1.43 bits per heavy atom. The molecule has 1 N–H and O–H groups in total. The fourth-order valence-electron chi connectivity index (χ4n) is 1.77. The van der Waals surface area contributed by atoms with E-state index in [4.69, 9.17) is 9.29 Å². The Morgan fingerprint density at radius 3 is 2.93 bits per heavy atom. The minimum atomic E-state index is 0.152. The summed E-state index contributed by atoms with van der Waals surface area (Å²) in [6, 6.07) is 5.83. The molecule has 1 aromatic rings. The maximum Gasteiger partial charge on any atom is 0.123 e. The fourth-order valence-corrected chi connectivity index (χ4v) is 2.07. The summed E-state index contributed by atoms with van der Waals surface area (Å²) < 4.78 is 14.6. The third-order valence-corrected chi connectivity index (χ3v) is 3.23. The zero-order valence-corrected chi connectivity index (χ0v) is 9.23. The van der Waals surface area contributed by atoms with Crippen molar-refractivity contribution in [2.75, 3.05) is 6.61 Å². The van der Waals surface area contributed by atoms with Crippen LogP contribution < -0.4 is 4.74 Å². The molecule has 0 fully saturated rings. The zero-order valence-electron chi connectivity index (χ0n) is 8.41. The Labute approximate surface area is 88.5 Å². The number of rotatable bonds is 1. The molecule has 14 heavy (non-hydrogen) atoms. The van der Waals surface area contributed by atoms with Crippen LogP contribution in [-0.2, 0) is 5.41 Å². The number of ether oxygens (including phenoxy) is 1. The van der Waals surface area contributed by atoms with Crippen molar-refractivity contribution in [3.8, 4) is 5.75 Å². The lowest BCUT2D eigenvalue weighted by Crippen LogP contribution is -2.26. The average Bonchev–Trinajstić information content (AvgIpc) is 2.17. The van der Waals surface area contributed by atoms with Crippen molar-refractivity contribution >= 4 is 12.0 Å². The van der Waals surface area contributed by atoms with Gasteiger partial charge in [-0.2, -0.15) is 0 Å². The van der Waals surface area contributed by atoms with Gasteiger partial charge in [0.25, 0.3) is 0 Å². The normalized spacial score (nSPS) is 18.5. The van der Waals surface area contributed by atoms with Crippen molar-refractivity contribution in [1.29, 1.82) is 0 Å². The average molecular weight is 210 g/mol. The molecule has 0 spiro atoms. The molecular formula is C11H14O2S. The molecule has 2 nitrogen and oxygen atoms in total. The van der Waals surface area contributed by atoms with Gasteiger partial charge in [0.15, 0.2) is 0 Å². The molecule has 1 aliphatic rings. The van der Waals surface area contributed by atoms with Crippen LogP contribution in [0.1, 0.15) is 25.8 Å². The minimum Gasteiger partial charge on any atom is -0.493 e. The molecule has 0 saturated carbocycles. The molecule has 0 aromatic heterocycles. The van der Waals surface area contributed by atoms with Crippen molar-refractivity contribution in [1.82, 2.24) is 0 Å². The van der Waals surface area contributed by atoms with E-state index in [9.17, 15) is 0 Å². The molecule has 0 aliphatic carbocycles. The second-order valence-electron chi connectivity index (χ2n) is 4.23. The zero-order chi connectivity index (χ0) is 10.2. The molecule has 0 bridgehead atoms. The Hall–Kier alpha value is -0.670. The van der Waals surface area contributed by atoms with E-state index in [-0.39, 0.29) is 5.41 Å². The summed E-state index contributed by atoms with van der Waals surface area (Å²) in [5.74, 6) is 0.957. The van der Waals surface area contributed by atoms with Crippen LogP contribution in [0.15, 0.2) is 23.1 Å². The Kier molecular flexibility index (Phi) is 2.45. The summed E-state index contributed by atoms with van der Waals surface area (Å²) in [7, 11) is 0. The Bertz CT molecular complexity index is 347. The van der Waals surface area contributed by atoms with Crippen LogP contribution in [0, 0.1) is 0 Å². The lowest BCUT2D eigenvalue weighted by atomic mass is 9.80. The van der Waals surface area contributed by atoms with Gasteiger partial charge in [-0.05, 0) is 30.0 Å². The highest BCUT2D eigenvalue weighted by molar-refractivity contribution is 7.93. The van der Waals surface area contributed by atoms with Gasteiger partial charge in [0.1, 0.15) is 5.75 Å². The summed E-state index contributed by atoms with van der Waals surface area (Å²) in [6.07, 6.45) is 1.03. The van der Waals surface area contributed by atoms with E-state index in [0.717, 1.165) is 35.7 Å². The van der Waals surface area contributed by atoms with Crippen LogP contribution in [0.3, 0.4) is 0 Å². The molecule has 1 heterocycles. The summed E-state index contributed by atoms with van der Waals surface area (Å²) in [5, 5.41) is 0. The van der Waals surface area contributed by atoms with E-state index in [1.807, 2.05) is 18.2 Å². The van der Waals surface area contributed by atoms with Gasteiger partial charge in [-0.15, -0.1) is 0 Å². The largest absolute Gasteiger partial charge is 0.493 e. The predicted molar refractivity (Wildman–Crippen MR) is 58.1 cm³/mol. The van der Waals surface area contributed by atoms with Crippen molar-refractivity contribution in [3.63, 3.8) is 0 Å². The van der Waals surface area contributed by atoms with Crippen molar-refractivity contribution in [2.45, 2.75) is 30.6 Å². The van der Waals surface area contributed by atoms with Gasteiger partial charge < -0.3 is 9.29 Å². The van der Waals surface area contributed by atoms with E-state index in [1.54, 1.807) is 0 Å². The Balaban J connectivity index is 2.49. The molecule has 0 saturated heterocycles. The molecule has 0 atom stereocenters. The van der Waals surface area contributed by atoms with E-state index < -0.39 is 0 Å². The smallest absolute Gasteiger partial charge is 0.123 e. The fraction of sp³-hybridized carbons (Fsp3) is 0.455. The third-order valence-electron chi connectivity index (χ3n) is 2.77. The highest BCUT2D eigenvalue weighted by Gasteiger charge is 2.28. The second-order valence-corrected chi connectivity index (χ2v) is 4.89. The number of hydrogen-bond acceptors (Lipinski definition) is 3. The minimum absolute atomic E-state index is 0.152. The summed E-state index contributed by atoms with van der Waals surface area (Å²) in [4.78, 5) is 0.877. The number of hydrogen-bond donors (Lipinski definition) is 1. The summed E-state index contributed by atoms with van der Waals surface area (Å²) >= 11 is 0.787. The molecule has 76 valence electrons. The van der Waals surface area contributed by atoms with Gasteiger partial charge in [0.05, 0.1) is 6.61 Å². The van der Waals surface area contributed by atoms with Crippen molar-refractivity contribution in [2.24, 2.45) is 0 Å². The molecule has 3 heteroatoms. The number of fused-ring (bicyclic) bond motifs is 1. The molecule has 1 aliphatic heterocycles. The van der Waals surface area contributed by atoms with E-state index in [2.05, 4.69) is 13.8 Å². The quantitative estimate of drug-likeness (QED) is 0.721. The lowest BCUT2D eigenvalue weighted by Gasteiger charge is -2.32. The molecule has 1 aromatic carbocycles. The SMILES string of the molecule is CC1(C)CCOc2ccc(SO)cc21. The molecular weight excluding hydrogens is 196 g/mol. The van der Waals surface area contributed by atoms with Crippen molar-refractivity contribution in [3.05, 3.63) is 23.8 Å². The van der Waals surface area contributed by atoms with Crippen LogP contribution in [0.4, 0.5) is 0 Å². The van der Waals surface area contributed by atoms with Crippen LogP contribution in [0.2, 0.25) is 0 Å². The first-order valence-electron chi connectivity index (χ1n) is 4.72. The van der Waals surface area contributed by atoms with Gasteiger partial charge in [-0.1, -0.05) is 13.8 Å². The van der Waals surface area contributed by atoms with E-state index in [0.29, 0.717) is 0 Å². The topological polar surface area (TPSA) is 29.5 Å². The molecule has 0 amide bonds. The molecule has 0 radical (unpaired) electrons. The van der Waals surface area contributed by atoms with Crippen LogP contribution in [-0.4, -0.2) is 11.2 Å². The van der Waals surface area contributed by atoms with E-state index >= 15 is 0 Å². The van der Waals surface area contributed by atoms with Gasteiger partial charge in [0, 0.05) is 22.5 Å². The highest BCUT2D eigenvalue weighted by Crippen LogP contribution is 2.39. The Morgan fingerprint density at radius 2 is 2.21 bits per heavy atom. The summed E-state index contributed by atoms with van der Waals surface area (Å²) in [6.45, 7) is 5.20. The maximum absolute atomic E-state index is 8.99. The van der Waals surface area contributed by atoms with Crippen LogP contribution in [0.5, 0.6) is 5.75 Å². The van der Waals surface area contributed by atoms with Gasteiger partial charge >= 0.3 is 0 Å². The number of benzene rings is 1. The standard InChI is InChI=1S/C11H14O2S/c1-11(2)5-6-13-10-4-3-8(14-12)7-9(10)11/h3-4,7,12H,5-6H2,1-2H3. The van der Waals surface area contributed by atoms with Crippen LogP contribution >= 0.6 is 12.0 Å². The lowest BCUT2D eigenvalue weighted by molar-refractivity contribution is 0.233. The monoisotopic (exact) mass is 210 g/mol. The molecule has 0 unspecified atom stereocenters. The van der Waals surface area contributed by atoms with Gasteiger partial charge in [0.2, 0.25) is 0 Å². The first-order valence-corrected chi connectivity index (χ1v) is 5.49. The second kappa shape index (κ2) is 3.48. The first-order chi connectivity index (χ1) is 6.63. The summed E-state index contributed by atoms with van der Waals surface area (Å²) in [5.41, 5.74) is 1.35. The maximum atomic E-state index is 8.99. The third kappa shape index (κ3) is 1.62. The highest BCUT2D eigenvalue weighted by atomic mass is 32.2. The predicted octanol–water partition coefficient (Wildman–Crippen LogP) is 3.31. The van der Waals surface area contributed by atoms with Crippen LogP contribution in [0.25, 0.3) is 0 Å². The van der Waals surface area contributed by atoms with Crippen molar-refractivity contribution < 1.29 is 9.29 Å². The van der Waals surface area contributed by atoms with Gasteiger partial charge in [-0.3, -0.25) is 0 Å².